The van der Waals surface area contributed by atoms with Gasteiger partial charge in [0.05, 0.1) is 18.7 Å². The highest BCUT2D eigenvalue weighted by Gasteiger charge is 2.27. The van der Waals surface area contributed by atoms with E-state index in [1.807, 2.05) is 23.1 Å². The molecule has 2 aromatic heterocycles. The molecule has 2 fully saturated rings. The molecule has 146 valence electrons. The summed E-state index contributed by atoms with van der Waals surface area (Å²) in [5.74, 6) is 1.00. The maximum absolute atomic E-state index is 13.5. The minimum Gasteiger partial charge on any atom is -0.378 e. The monoisotopic (exact) mass is 398 g/mol. The van der Waals surface area contributed by atoms with Gasteiger partial charge in [0, 0.05) is 49.9 Å². The molecular weight excluding hydrogens is 376 g/mol. The van der Waals surface area contributed by atoms with Crippen LogP contribution in [0.3, 0.4) is 0 Å². The summed E-state index contributed by atoms with van der Waals surface area (Å²) in [7, 11) is -3.77. The Morgan fingerprint density at radius 2 is 1.93 bits per heavy atom. The highest BCUT2D eigenvalue weighted by molar-refractivity contribution is 7.90. The van der Waals surface area contributed by atoms with E-state index in [0.717, 1.165) is 18.5 Å². The van der Waals surface area contributed by atoms with Crippen molar-refractivity contribution in [3.05, 3.63) is 54.4 Å². The molecule has 2 saturated heterocycles. The van der Waals surface area contributed by atoms with Crippen LogP contribution < -0.4 is 10.2 Å². The van der Waals surface area contributed by atoms with Crippen LogP contribution in [0.1, 0.15) is 11.5 Å². The number of benzene rings is 1. The van der Waals surface area contributed by atoms with Crippen LogP contribution in [0.2, 0.25) is 0 Å². The second kappa shape index (κ2) is 6.88. The number of fused-ring (bicyclic) bond motifs is 1. The summed E-state index contributed by atoms with van der Waals surface area (Å²) in [6.07, 6.45) is 3.27. The van der Waals surface area contributed by atoms with E-state index in [2.05, 4.69) is 16.4 Å². The molecule has 7 nitrogen and oxygen atoms in total. The average molecular weight is 398 g/mol. The number of pyridine rings is 1. The van der Waals surface area contributed by atoms with Crippen molar-refractivity contribution in [3.8, 4) is 0 Å². The van der Waals surface area contributed by atoms with Crippen molar-refractivity contribution in [2.24, 2.45) is 0 Å². The van der Waals surface area contributed by atoms with Crippen molar-refractivity contribution in [3.63, 3.8) is 0 Å². The quantitative estimate of drug-likeness (QED) is 0.722. The van der Waals surface area contributed by atoms with Gasteiger partial charge in [-0.25, -0.2) is 17.4 Å². The third-order valence-electron chi connectivity index (χ3n) is 5.53. The van der Waals surface area contributed by atoms with Gasteiger partial charge in [0.15, 0.2) is 0 Å². The van der Waals surface area contributed by atoms with Crippen molar-refractivity contribution in [1.82, 2.24) is 14.3 Å². The lowest BCUT2D eigenvalue weighted by Gasteiger charge is -2.29. The zero-order valence-electron chi connectivity index (χ0n) is 15.4. The standard InChI is InChI=1S/C20H22N4O3S/c25-28(26,19-2-1-6-22-20(19)23-8-10-27-11-9-23)24-7-5-16-12-15(3-4-18(16)24)17-13-21-14-17/h1-7,12,17,21H,8-11,13-14H2. The van der Waals surface area contributed by atoms with Gasteiger partial charge in [-0.1, -0.05) is 6.07 Å². The van der Waals surface area contributed by atoms with Gasteiger partial charge in [0.25, 0.3) is 10.0 Å². The molecule has 0 radical (unpaired) electrons. The van der Waals surface area contributed by atoms with Crippen LogP contribution in [-0.4, -0.2) is 56.8 Å². The van der Waals surface area contributed by atoms with E-state index >= 15 is 0 Å². The van der Waals surface area contributed by atoms with Crippen molar-refractivity contribution >= 4 is 26.7 Å². The summed E-state index contributed by atoms with van der Waals surface area (Å²) in [6.45, 7) is 4.35. The first-order valence-corrected chi connectivity index (χ1v) is 10.9. The fraction of sp³-hybridized carbons (Fsp3) is 0.350. The van der Waals surface area contributed by atoms with Crippen molar-refractivity contribution in [2.45, 2.75) is 10.8 Å². The molecule has 0 atom stereocenters. The fourth-order valence-corrected chi connectivity index (χ4v) is 5.35. The van der Waals surface area contributed by atoms with Gasteiger partial charge in [-0.3, -0.25) is 0 Å². The zero-order valence-corrected chi connectivity index (χ0v) is 16.2. The Morgan fingerprint density at radius 3 is 2.68 bits per heavy atom. The molecule has 2 aliphatic rings. The largest absolute Gasteiger partial charge is 0.378 e. The minimum atomic E-state index is -3.77. The number of hydrogen-bond donors (Lipinski definition) is 1. The number of hydrogen-bond acceptors (Lipinski definition) is 6. The van der Waals surface area contributed by atoms with Crippen molar-refractivity contribution in [1.29, 1.82) is 0 Å². The summed E-state index contributed by atoms with van der Waals surface area (Å²) in [5.41, 5.74) is 1.93. The lowest BCUT2D eigenvalue weighted by molar-refractivity contribution is 0.122. The Kier molecular flexibility index (Phi) is 4.34. The topological polar surface area (TPSA) is 76.5 Å². The normalized spacial score (nSPS) is 18.4. The molecular formula is C20H22N4O3S. The molecule has 28 heavy (non-hydrogen) atoms. The molecule has 0 bridgehead atoms. The third-order valence-corrected chi connectivity index (χ3v) is 7.24. The number of anilines is 1. The second-order valence-corrected chi connectivity index (χ2v) is 9.00. The molecule has 8 heteroatoms. The summed E-state index contributed by atoms with van der Waals surface area (Å²) < 4.78 is 33.8. The number of nitrogens with zero attached hydrogens (tertiary/aromatic N) is 3. The van der Waals surface area contributed by atoms with E-state index in [0.29, 0.717) is 43.6 Å². The van der Waals surface area contributed by atoms with E-state index in [4.69, 9.17) is 4.74 Å². The predicted octanol–water partition coefficient (Wildman–Crippen LogP) is 1.80. The molecule has 4 heterocycles. The lowest BCUT2D eigenvalue weighted by Crippen LogP contribution is -2.39. The van der Waals surface area contributed by atoms with Gasteiger partial charge in [-0.15, -0.1) is 0 Å². The number of ether oxygens (including phenoxy) is 1. The van der Waals surface area contributed by atoms with Crippen molar-refractivity contribution in [2.75, 3.05) is 44.3 Å². The van der Waals surface area contributed by atoms with E-state index in [9.17, 15) is 8.42 Å². The first-order valence-electron chi connectivity index (χ1n) is 9.49. The van der Waals surface area contributed by atoms with Gasteiger partial charge in [-0.05, 0) is 35.9 Å². The van der Waals surface area contributed by atoms with Crippen LogP contribution >= 0.6 is 0 Å². The van der Waals surface area contributed by atoms with E-state index in [-0.39, 0.29) is 4.90 Å². The Balaban J connectivity index is 1.57. The minimum absolute atomic E-state index is 0.224. The predicted molar refractivity (Wildman–Crippen MR) is 107 cm³/mol. The molecule has 2 aliphatic heterocycles. The maximum atomic E-state index is 13.5. The molecule has 0 aliphatic carbocycles. The number of aromatic nitrogens is 2. The number of morpholine rings is 1. The van der Waals surface area contributed by atoms with Gasteiger partial charge < -0.3 is 15.0 Å². The summed E-state index contributed by atoms with van der Waals surface area (Å²) in [6, 6.07) is 11.2. The Hall–Kier alpha value is -2.42. The van der Waals surface area contributed by atoms with Crippen LogP contribution in [0, 0.1) is 0 Å². The Labute approximate surface area is 164 Å². The molecule has 1 N–H and O–H groups in total. The molecule has 0 unspecified atom stereocenters. The van der Waals surface area contributed by atoms with E-state index in [1.165, 1.54) is 9.54 Å². The molecule has 0 spiro atoms. The fourth-order valence-electron chi connectivity index (χ4n) is 3.83. The highest BCUT2D eigenvalue weighted by atomic mass is 32.2. The highest BCUT2D eigenvalue weighted by Crippen LogP contribution is 2.30. The molecule has 0 amide bonds. The SMILES string of the molecule is O=S(=O)(c1cccnc1N1CCOCC1)n1ccc2cc(C3CNC3)ccc21. The van der Waals surface area contributed by atoms with Crippen molar-refractivity contribution < 1.29 is 13.2 Å². The van der Waals surface area contributed by atoms with E-state index in [1.54, 1.807) is 24.5 Å². The number of nitrogens with one attached hydrogen (secondary N) is 1. The maximum Gasteiger partial charge on any atom is 0.271 e. The van der Waals surface area contributed by atoms with Gasteiger partial charge in [0.1, 0.15) is 10.7 Å². The average Bonchev–Trinajstić information content (AvgIpc) is 3.11. The Bertz CT molecular complexity index is 1120. The summed E-state index contributed by atoms with van der Waals surface area (Å²) >= 11 is 0. The Morgan fingerprint density at radius 1 is 1.11 bits per heavy atom. The van der Waals surface area contributed by atoms with Gasteiger partial charge in [0.2, 0.25) is 0 Å². The van der Waals surface area contributed by atoms with Gasteiger partial charge >= 0.3 is 0 Å². The second-order valence-electron chi connectivity index (χ2n) is 7.21. The summed E-state index contributed by atoms with van der Waals surface area (Å²) in [5, 5.41) is 4.21. The van der Waals surface area contributed by atoms with E-state index < -0.39 is 10.0 Å². The molecule has 1 aromatic carbocycles. The molecule has 5 rings (SSSR count). The lowest BCUT2D eigenvalue weighted by atomic mass is 9.93. The van der Waals surface area contributed by atoms with Crippen LogP contribution in [-0.2, 0) is 14.8 Å². The smallest absolute Gasteiger partial charge is 0.271 e. The molecule has 3 aromatic rings. The first kappa shape index (κ1) is 17.7. The number of rotatable bonds is 4. The van der Waals surface area contributed by atoms with Crippen LogP contribution in [0.25, 0.3) is 10.9 Å². The first-order chi connectivity index (χ1) is 13.6. The van der Waals surface area contributed by atoms with Crippen LogP contribution in [0.5, 0.6) is 0 Å². The summed E-state index contributed by atoms with van der Waals surface area (Å²) in [4.78, 5) is 6.59. The van der Waals surface area contributed by atoms with Gasteiger partial charge in [-0.2, -0.15) is 0 Å². The third kappa shape index (κ3) is 2.88. The van der Waals surface area contributed by atoms with Crippen LogP contribution in [0.4, 0.5) is 5.82 Å². The van der Waals surface area contributed by atoms with Crippen LogP contribution in [0.15, 0.2) is 53.7 Å². The molecule has 0 saturated carbocycles. The zero-order chi connectivity index (χ0) is 19.1.